The van der Waals surface area contributed by atoms with Crippen LogP contribution in [-0.4, -0.2) is 57.4 Å². The Morgan fingerprint density at radius 3 is 2.65 bits per heavy atom. The second-order valence-corrected chi connectivity index (χ2v) is 7.26. The van der Waals surface area contributed by atoms with Crippen molar-refractivity contribution in [1.82, 2.24) is 10.2 Å². The van der Waals surface area contributed by atoms with Crippen LogP contribution in [0.3, 0.4) is 0 Å². The minimum atomic E-state index is -0.983. The smallest absolute Gasteiger partial charge is 0.317 e. The van der Waals surface area contributed by atoms with E-state index in [1.54, 1.807) is 18.1 Å². The van der Waals surface area contributed by atoms with Crippen LogP contribution in [0.2, 0.25) is 0 Å². The highest BCUT2D eigenvalue weighted by Crippen LogP contribution is 2.33. The predicted octanol–water partition coefficient (Wildman–Crippen LogP) is 1.04. The number of carboxylic acids is 1. The van der Waals surface area contributed by atoms with Gasteiger partial charge in [-0.25, -0.2) is 4.79 Å². The van der Waals surface area contributed by atoms with Crippen molar-refractivity contribution in [3.8, 4) is 0 Å². The lowest BCUT2D eigenvalue weighted by Gasteiger charge is -2.39. The highest BCUT2D eigenvalue weighted by Gasteiger charge is 2.42. The van der Waals surface area contributed by atoms with Crippen LogP contribution in [0.4, 0.5) is 4.79 Å². The molecule has 0 aromatic heterocycles. The fourth-order valence-electron chi connectivity index (χ4n) is 2.38. The molecule has 0 aromatic carbocycles. The summed E-state index contributed by atoms with van der Waals surface area (Å²) in [5.41, 5.74) is -0.825. The Bertz CT molecular complexity index is 402. The number of carbonyl (C=O) groups is 2. The highest BCUT2D eigenvalue weighted by molar-refractivity contribution is 7.84. The van der Waals surface area contributed by atoms with Crippen LogP contribution in [0.25, 0.3) is 0 Å². The number of amides is 2. The van der Waals surface area contributed by atoms with Crippen molar-refractivity contribution in [3.63, 3.8) is 0 Å². The van der Waals surface area contributed by atoms with Crippen molar-refractivity contribution in [2.24, 2.45) is 5.41 Å². The Morgan fingerprint density at radius 2 is 2.15 bits per heavy atom. The Labute approximate surface area is 122 Å². The van der Waals surface area contributed by atoms with Gasteiger partial charge in [0.05, 0.1) is 5.41 Å². The first kappa shape index (κ1) is 16.9. The van der Waals surface area contributed by atoms with Crippen LogP contribution < -0.4 is 5.32 Å². The molecule has 2 amide bonds. The molecule has 1 saturated heterocycles. The maximum Gasteiger partial charge on any atom is 0.317 e. The zero-order chi connectivity index (χ0) is 15.3. The molecule has 1 rings (SSSR count). The van der Waals surface area contributed by atoms with Gasteiger partial charge in [0.15, 0.2) is 0 Å². The van der Waals surface area contributed by atoms with E-state index in [0.717, 1.165) is 0 Å². The molecule has 0 aliphatic carbocycles. The number of likely N-dealkylation sites (tertiary alicyclic amines) is 1. The van der Waals surface area contributed by atoms with E-state index in [4.69, 9.17) is 0 Å². The number of nitrogens with one attached hydrogen (secondary N) is 1. The third kappa shape index (κ3) is 3.94. The van der Waals surface area contributed by atoms with Crippen LogP contribution in [0.5, 0.6) is 0 Å². The first-order valence-corrected chi connectivity index (χ1v) is 8.53. The summed E-state index contributed by atoms with van der Waals surface area (Å²) in [5, 5.41) is 12.0. The number of carboxylic acid groups (broad SMARTS) is 1. The maximum absolute atomic E-state index is 12.1. The number of rotatable bonds is 5. The second-order valence-electron chi connectivity index (χ2n) is 5.46. The van der Waals surface area contributed by atoms with E-state index in [-0.39, 0.29) is 17.8 Å². The lowest BCUT2D eigenvalue weighted by molar-refractivity contribution is -0.152. The van der Waals surface area contributed by atoms with Gasteiger partial charge >= 0.3 is 12.0 Å². The first-order chi connectivity index (χ1) is 9.32. The summed E-state index contributed by atoms with van der Waals surface area (Å²) in [5.74, 6) is -0.833. The lowest BCUT2D eigenvalue weighted by Crippen LogP contribution is -2.53. The highest BCUT2D eigenvalue weighted by atomic mass is 32.2. The van der Waals surface area contributed by atoms with Crippen LogP contribution in [0.15, 0.2) is 0 Å². The number of piperidine rings is 1. The molecule has 0 saturated carbocycles. The minimum absolute atomic E-state index is 0.112. The van der Waals surface area contributed by atoms with Crippen LogP contribution in [0, 0.1) is 5.41 Å². The van der Waals surface area contributed by atoms with Gasteiger partial charge in [0.25, 0.3) is 0 Å². The van der Waals surface area contributed by atoms with Gasteiger partial charge in [-0.05, 0) is 26.2 Å². The Balaban J connectivity index is 2.60. The Morgan fingerprint density at radius 1 is 1.50 bits per heavy atom. The molecule has 1 aliphatic heterocycles. The number of aliphatic carboxylic acids is 1. The molecule has 116 valence electrons. The minimum Gasteiger partial charge on any atom is -0.481 e. The Hall–Kier alpha value is -1.11. The quantitative estimate of drug-likeness (QED) is 0.794. The zero-order valence-electron chi connectivity index (χ0n) is 12.3. The van der Waals surface area contributed by atoms with E-state index < -0.39 is 22.2 Å². The largest absolute Gasteiger partial charge is 0.481 e. The van der Waals surface area contributed by atoms with Crippen LogP contribution >= 0.6 is 0 Å². The summed E-state index contributed by atoms with van der Waals surface area (Å²) in [4.78, 5) is 25.1. The molecule has 0 aromatic rings. The second kappa shape index (κ2) is 7.06. The molecular formula is C13H24N2O4S. The summed E-state index contributed by atoms with van der Waals surface area (Å²) in [6, 6.07) is -0.263. The molecule has 3 unspecified atom stereocenters. The van der Waals surface area contributed by atoms with Gasteiger partial charge in [-0.1, -0.05) is 6.92 Å². The van der Waals surface area contributed by atoms with Gasteiger partial charge < -0.3 is 15.3 Å². The molecule has 2 N–H and O–H groups in total. The fourth-order valence-corrected chi connectivity index (χ4v) is 2.70. The number of hydrogen-bond donors (Lipinski definition) is 2. The molecule has 20 heavy (non-hydrogen) atoms. The standard InChI is InChI=1S/C13H24N2O4S/c1-4-13(11(16)17)6-5-7-15(9-13)12(18)14-8-10(2)20(3)19/h10H,4-9H2,1-3H3,(H,14,18)(H,16,17). The molecule has 0 radical (unpaired) electrons. The van der Waals surface area contributed by atoms with Gasteiger partial charge in [0.1, 0.15) is 0 Å². The molecule has 7 heteroatoms. The van der Waals surface area contributed by atoms with Gasteiger partial charge in [-0.3, -0.25) is 9.00 Å². The maximum atomic E-state index is 12.1. The topological polar surface area (TPSA) is 86.7 Å². The van der Waals surface area contributed by atoms with Gasteiger partial charge in [0, 0.05) is 41.9 Å². The van der Waals surface area contributed by atoms with Crippen molar-refractivity contribution < 1.29 is 18.9 Å². The SMILES string of the molecule is CCC1(C(=O)O)CCCN(C(=O)NCC(C)S(C)=O)C1. The fraction of sp³-hybridized carbons (Fsp3) is 0.846. The molecule has 6 nitrogen and oxygen atoms in total. The monoisotopic (exact) mass is 304 g/mol. The average molecular weight is 304 g/mol. The summed E-state index contributed by atoms with van der Waals surface area (Å²) in [6.45, 7) is 4.81. The van der Waals surface area contributed by atoms with Gasteiger partial charge in [-0.2, -0.15) is 0 Å². The van der Waals surface area contributed by atoms with Crippen LogP contribution in [-0.2, 0) is 15.6 Å². The molecule has 1 fully saturated rings. The van der Waals surface area contributed by atoms with Crippen molar-refractivity contribution in [2.75, 3.05) is 25.9 Å². The van der Waals surface area contributed by atoms with Crippen molar-refractivity contribution in [1.29, 1.82) is 0 Å². The van der Waals surface area contributed by atoms with Crippen molar-refractivity contribution >= 4 is 22.8 Å². The molecule has 1 heterocycles. The van der Waals surface area contributed by atoms with Crippen molar-refractivity contribution in [3.05, 3.63) is 0 Å². The van der Waals surface area contributed by atoms with E-state index >= 15 is 0 Å². The zero-order valence-corrected chi connectivity index (χ0v) is 13.2. The van der Waals surface area contributed by atoms with E-state index in [1.165, 1.54) is 0 Å². The lowest BCUT2D eigenvalue weighted by atomic mass is 9.78. The summed E-state index contributed by atoms with van der Waals surface area (Å²) in [7, 11) is -0.983. The third-order valence-corrected chi connectivity index (χ3v) is 5.40. The molecular weight excluding hydrogens is 280 g/mol. The predicted molar refractivity (Wildman–Crippen MR) is 78.1 cm³/mol. The number of carbonyl (C=O) groups excluding carboxylic acids is 1. The summed E-state index contributed by atoms with van der Waals surface area (Å²) in [6.07, 6.45) is 3.42. The molecule has 0 bridgehead atoms. The van der Waals surface area contributed by atoms with E-state index in [2.05, 4.69) is 5.32 Å². The van der Waals surface area contributed by atoms with Crippen LogP contribution in [0.1, 0.15) is 33.1 Å². The number of nitrogens with zero attached hydrogens (tertiary/aromatic N) is 1. The molecule has 0 spiro atoms. The van der Waals surface area contributed by atoms with E-state index in [1.807, 2.05) is 6.92 Å². The summed E-state index contributed by atoms with van der Waals surface area (Å²) < 4.78 is 11.2. The summed E-state index contributed by atoms with van der Waals surface area (Å²) >= 11 is 0. The number of hydrogen-bond acceptors (Lipinski definition) is 3. The molecule has 1 aliphatic rings. The van der Waals surface area contributed by atoms with Gasteiger partial charge in [-0.15, -0.1) is 0 Å². The average Bonchev–Trinajstić information content (AvgIpc) is 2.43. The van der Waals surface area contributed by atoms with E-state index in [9.17, 15) is 18.9 Å². The first-order valence-electron chi connectivity index (χ1n) is 6.91. The number of urea groups is 1. The van der Waals surface area contributed by atoms with E-state index in [0.29, 0.717) is 32.4 Å². The van der Waals surface area contributed by atoms with Gasteiger partial charge in [0.2, 0.25) is 0 Å². The third-order valence-electron chi connectivity index (χ3n) is 4.10. The molecule has 3 atom stereocenters. The van der Waals surface area contributed by atoms with Crippen molar-refractivity contribution in [2.45, 2.75) is 38.4 Å². The Kier molecular flexibility index (Phi) is 5.98. The normalized spacial score (nSPS) is 25.9.